The predicted molar refractivity (Wildman–Crippen MR) is 74.3 cm³/mol. The molecule has 2 heterocycles. The number of benzene rings is 1. The summed E-state index contributed by atoms with van der Waals surface area (Å²) >= 11 is 0. The van der Waals surface area contributed by atoms with Gasteiger partial charge in [0.25, 0.3) is 0 Å². The number of hydrogen-bond donors (Lipinski definition) is 1. The third kappa shape index (κ3) is 3.02. The molecule has 7 nitrogen and oxygen atoms in total. The Kier molecular flexibility index (Phi) is 3.94. The fourth-order valence-electron chi connectivity index (χ4n) is 2.48. The van der Waals surface area contributed by atoms with Gasteiger partial charge in [-0.1, -0.05) is 0 Å². The zero-order chi connectivity index (χ0) is 15.5. The lowest BCUT2D eigenvalue weighted by Crippen LogP contribution is -2.22. The van der Waals surface area contributed by atoms with E-state index in [9.17, 15) is 13.6 Å². The van der Waals surface area contributed by atoms with Gasteiger partial charge in [-0.2, -0.15) is 0 Å². The van der Waals surface area contributed by atoms with Crippen molar-refractivity contribution in [2.45, 2.75) is 19.4 Å². The molecule has 0 spiro atoms. The van der Waals surface area contributed by atoms with Crippen LogP contribution in [0.15, 0.2) is 18.5 Å². The Morgan fingerprint density at radius 1 is 1.23 bits per heavy atom. The van der Waals surface area contributed by atoms with Gasteiger partial charge in [0.1, 0.15) is 18.6 Å². The highest BCUT2D eigenvalue weighted by Gasteiger charge is 2.21. The van der Waals surface area contributed by atoms with Gasteiger partial charge >= 0.3 is 0 Å². The quantitative estimate of drug-likeness (QED) is 0.918. The summed E-state index contributed by atoms with van der Waals surface area (Å²) < 4.78 is 29.4. The van der Waals surface area contributed by atoms with E-state index in [1.54, 1.807) is 4.90 Å². The lowest BCUT2D eigenvalue weighted by atomic mass is 10.2. The number of tetrazole rings is 1. The average Bonchev–Trinajstić information content (AvgIpc) is 3.11. The molecule has 22 heavy (non-hydrogen) atoms. The largest absolute Gasteiger partial charge is 0.367 e. The van der Waals surface area contributed by atoms with Crippen molar-refractivity contribution in [3.63, 3.8) is 0 Å². The number of anilines is 2. The number of amides is 1. The van der Waals surface area contributed by atoms with E-state index >= 15 is 0 Å². The molecule has 1 saturated heterocycles. The first kappa shape index (κ1) is 14.4. The van der Waals surface area contributed by atoms with Crippen molar-refractivity contribution < 1.29 is 13.6 Å². The Labute approximate surface area is 124 Å². The molecule has 9 heteroatoms. The summed E-state index contributed by atoms with van der Waals surface area (Å²) in [6, 6.07) is 2.24. The molecule has 0 atom stereocenters. The molecule has 1 amide bonds. The summed E-state index contributed by atoms with van der Waals surface area (Å²) in [5.74, 6) is -1.83. The number of hydrogen-bond acceptors (Lipinski definition) is 5. The van der Waals surface area contributed by atoms with Gasteiger partial charge in [-0.15, -0.1) is 5.10 Å². The molecule has 1 aliphatic heterocycles. The number of carbonyl (C=O) groups is 1. The van der Waals surface area contributed by atoms with Crippen molar-refractivity contribution in [1.29, 1.82) is 0 Å². The van der Waals surface area contributed by atoms with Crippen molar-refractivity contribution in [3.8, 4) is 0 Å². The van der Waals surface area contributed by atoms with Crippen molar-refractivity contribution >= 4 is 17.3 Å². The number of halogens is 2. The minimum Gasteiger partial charge on any atom is -0.367 e. The van der Waals surface area contributed by atoms with Gasteiger partial charge in [0.2, 0.25) is 5.91 Å². The van der Waals surface area contributed by atoms with Gasteiger partial charge in [-0.3, -0.25) is 4.79 Å². The smallest absolute Gasteiger partial charge is 0.246 e. The molecule has 0 bridgehead atoms. The van der Waals surface area contributed by atoms with Crippen LogP contribution >= 0.6 is 0 Å². The topological polar surface area (TPSA) is 75.9 Å². The third-order valence-electron chi connectivity index (χ3n) is 3.42. The molecule has 0 radical (unpaired) electrons. The van der Waals surface area contributed by atoms with Crippen LogP contribution in [0.1, 0.15) is 12.8 Å². The number of aromatic nitrogens is 4. The Balaban J connectivity index is 1.73. The summed E-state index contributed by atoms with van der Waals surface area (Å²) in [6.45, 7) is 1.14. The first-order chi connectivity index (χ1) is 10.6. The highest BCUT2D eigenvalue weighted by Crippen LogP contribution is 2.29. The molecular weight excluding hydrogens is 294 g/mol. The highest BCUT2D eigenvalue weighted by atomic mass is 19.1. The molecule has 2 aromatic rings. The van der Waals surface area contributed by atoms with Crippen LogP contribution in [0.25, 0.3) is 0 Å². The normalized spacial score (nSPS) is 14.4. The van der Waals surface area contributed by atoms with Crippen LogP contribution in [0.5, 0.6) is 0 Å². The Hall–Kier alpha value is -2.58. The summed E-state index contributed by atoms with van der Waals surface area (Å²) in [7, 11) is 0. The van der Waals surface area contributed by atoms with E-state index in [2.05, 4.69) is 20.8 Å². The molecular formula is C13H14F2N6O. The Bertz CT molecular complexity index is 646. The number of carbonyl (C=O) groups excluding carboxylic acids is 1. The maximum Gasteiger partial charge on any atom is 0.246 e. The van der Waals surface area contributed by atoms with Gasteiger partial charge in [0.05, 0.1) is 0 Å². The van der Waals surface area contributed by atoms with Crippen LogP contribution in [0.3, 0.4) is 0 Å². The summed E-state index contributed by atoms with van der Waals surface area (Å²) in [4.78, 5) is 13.4. The highest BCUT2D eigenvalue weighted by molar-refractivity contribution is 5.90. The number of nitrogens with one attached hydrogen (secondary N) is 1. The Morgan fingerprint density at radius 2 is 1.91 bits per heavy atom. The first-order valence-electron chi connectivity index (χ1n) is 6.88. The Morgan fingerprint density at radius 3 is 2.50 bits per heavy atom. The van der Waals surface area contributed by atoms with Crippen LogP contribution in [0.4, 0.5) is 20.2 Å². The maximum absolute atomic E-state index is 14.1. The fraction of sp³-hybridized carbons (Fsp3) is 0.385. The van der Waals surface area contributed by atoms with Gasteiger partial charge in [0, 0.05) is 18.8 Å². The molecule has 116 valence electrons. The zero-order valence-corrected chi connectivity index (χ0v) is 11.7. The monoisotopic (exact) mass is 308 g/mol. The van der Waals surface area contributed by atoms with Crippen LogP contribution < -0.4 is 10.2 Å². The molecule has 3 rings (SSSR count). The molecule has 1 aromatic heterocycles. The first-order valence-corrected chi connectivity index (χ1v) is 6.88. The van der Waals surface area contributed by atoms with Crippen LogP contribution in [0, 0.1) is 11.6 Å². The van der Waals surface area contributed by atoms with Gasteiger partial charge < -0.3 is 10.2 Å². The van der Waals surface area contributed by atoms with E-state index in [0.717, 1.165) is 25.0 Å². The fourth-order valence-corrected chi connectivity index (χ4v) is 2.48. The molecule has 1 aliphatic rings. The van der Waals surface area contributed by atoms with Crippen LogP contribution in [-0.4, -0.2) is 39.2 Å². The second-order valence-electron chi connectivity index (χ2n) is 5.04. The molecule has 1 fully saturated rings. The lowest BCUT2D eigenvalue weighted by Gasteiger charge is -2.19. The van der Waals surface area contributed by atoms with Gasteiger partial charge in [-0.05, 0) is 35.4 Å². The summed E-state index contributed by atoms with van der Waals surface area (Å²) in [5, 5.41) is 12.8. The third-order valence-corrected chi connectivity index (χ3v) is 3.42. The van der Waals surface area contributed by atoms with Crippen molar-refractivity contribution in [1.82, 2.24) is 20.2 Å². The maximum atomic E-state index is 14.1. The van der Waals surface area contributed by atoms with E-state index in [4.69, 9.17) is 0 Å². The van der Waals surface area contributed by atoms with Gasteiger partial charge in [0.15, 0.2) is 11.6 Å². The number of rotatable bonds is 4. The zero-order valence-electron chi connectivity index (χ0n) is 11.7. The predicted octanol–water partition coefficient (Wildman–Crippen LogP) is 1.19. The second kappa shape index (κ2) is 6.04. The molecule has 1 N–H and O–H groups in total. The molecule has 0 saturated carbocycles. The lowest BCUT2D eigenvalue weighted by molar-refractivity contribution is -0.116. The molecule has 1 aromatic carbocycles. The average molecular weight is 308 g/mol. The van der Waals surface area contributed by atoms with Crippen LogP contribution in [-0.2, 0) is 11.3 Å². The van der Waals surface area contributed by atoms with Crippen LogP contribution in [0.2, 0.25) is 0 Å². The van der Waals surface area contributed by atoms with Crippen molar-refractivity contribution in [2.24, 2.45) is 0 Å². The van der Waals surface area contributed by atoms with E-state index in [0.29, 0.717) is 13.1 Å². The molecule has 0 aliphatic carbocycles. The minimum atomic E-state index is -0.681. The number of nitrogens with zero attached hydrogens (tertiary/aromatic N) is 5. The molecule has 0 unspecified atom stereocenters. The SMILES string of the molecule is O=C(Cn1cnnn1)Nc1cc(F)c(N2CCCC2)c(F)c1. The van der Waals surface area contributed by atoms with E-state index in [1.165, 1.54) is 11.0 Å². The van der Waals surface area contributed by atoms with E-state index in [1.807, 2.05) is 0 Å². The van der Waals surface area contributed by atoms with E-state index in [-0.39, 0.29) is 17.9 Å². The van der Waals surface area contributed by atoms with Crippen molar-refractivity contribution in [2.75, 3.05) is 23.3 Å². The summed E-state index contributed by atoms with van der Waals surface area (Å²) in [5.41, 5.74) is 0.0343. The summed E-state index contributed by atoms with van der Waals surface area (Å²) in [6.07, 6.45) is 3.11. The second-order valence-corrected chi connectivity index (χ2v) is 5.04. The van der Waals surface area contributed by atoms with Gasteiger partial charge in [-0.25, -0.2) is 13.5 Å². The van der Waals surface area contributed by atoms with Crippen molar-refractivity contribution in [3.05, 3.63) is 30.1 Å². The minimum absolute atomic E-state index is 0.0315. The standard InChI is InChI=1S/C13H14F2N6O/c14-10-5-9(17-12(22)7-21-8-16-18-19-21)6-11(15)13(10)20-3-1-2-4-20/h5-6,8H,1-4,7H2,(H,17,22). The van der Waals surface area contributed by atoms with E-state index < -0.39 is 17.5 Å².